The molecule has 2 heterocycles. The molecule has 0 spiro atoms. The first-order valence-corrected chi connectivity index (χ1v) is 7.13. The second-order valence-electron chi connectivity index (χ2n) is 5.66. The Morgan fingerprint density at radius 3 is 2.75 bits per heavy atom. The molecule has 0 saturated carbocycles. The van der Waals surface area contributed by atoms with Crippen LogP contribution in [-0.4, -0.2) is 35.2 Å². The van der Waals surface area contributed by atoms with Crippen molar-refractivity contribution in [3.8, 4) is 0 Å². The number of nitrogen functional groups attached to an aromatic ring is 1. The van der Waals surface area contributed by atoms with Crippen LogP contribution in [0.1, 0.15) is 19.4 Å². The van der Waals surface area contributed by atoms with Gasteiger partial charge in [-0.15, -0.1) is 0 Å². The molecule has 4 heteroatoms. The lowest BCUT2D eigenvalue weighted by molar-refractivity contribution is -0.0704. The minimum atomic E-state index is 0.284. The number of morpholine rings is 1. The van der Waals surface area contributed by atoms with Gasteiger partial charge < -0.3 is 10.5 Å². The Morgan fingerprint density at radius 1 is 1.25 bits per heavy atom. The van der Waals surface area contributed by atoms with Gasteiger partial charge in [0.05, 0.1) is 17.7 Å². The van der Waals surface area contributed by atoms with Crippen LogP contribution in [0, 0.1) is 0 Å². The van der Waals surface area contributed by atoms with Gasteiger partial charge in [0.1, 0.15) is 0 Å². The Balaban J connectivity index is 1.89. The number of benzene rings is 1. The molecule has 1 aliphatic rings. The average Bonchev–Trinajstić information content (AvgIpc) is 2.41. The fourth-order valence-corrected chi connectivity index (χ4v) is 3.04. The van der Waals surface area contributed by atoms with Crippen LogP contribution in [0.25, 0.3) is 10.9 Å². The number of anilines is 1. The zero-order valence-electron chi connectivity index (χ0n) is 12.0. The predicted molar refractivity (Wildman–Crippen MR) is 81.4 cm³/mol. The predicted octanol–water partition coefficient (Wildman–Crippen LogP) is 2.43. The summed E-state index contributed by atoms with van der Waals surface area (Å²) in [6, 6.07) is 8.04. The summed E-state index contributed by atoms with van der Waals surface area (Å²) in [5.74, 6) is 0. The lowest BCUT2D eigenvalue weighted by Crippen LogP contribution is -2.44. The van der Waals surface area contributed by atoms with Gasteiger partial charge in [0, 0.05) is 36.9 Å². The standard InChI is InChI=1S/C16H21N3O/c1-11-8-19(9-12(2)20-11)10-13-5-6-15(17)14-4-3-7-18-16(13)14/h3-7,11-12H,8-10,17H2,1-2H3/t11-,12+. The first kappa shape index (κ1) is 13.3. The number of pyridine rings is 1. The van der Waals surface area contributed by atoms with E-state index < -0.39 is 0 Å². The number of hydrogen-bond acceptors (Lipinski definition) is 4. The van der Waals surface area contributed by atoms with Crippen molar-refractivity contribution in [1.82, 2.24) is 9.88 Å². The van der Waals surface area contributed by atoms with E-state index in [1.807, 2.05) is 24.4 Å². The van der Waals surface area contributed by atoms with E-state index in [1.54, 1.807) is 0 Å². The SMILES string of the molecule is C[C@@H]1CN(Cc2ccc(N)c3cccnc23)C[C@H](C)O1. The molecule has 2 N–H and O–H groups in total. The lowest BCUT2D eigenvalue weighted by Gasteiger charge is -2.35. The summed E-state index contributed by atoms with van der Waals surface area (Å²) < 4.78 is 5.78. The van der Waals surface area contributed by atoms with Crippen molar-refractivity contribution in [2.24, 2.45) is 0 Å². The van der Waals surface area contributed by atoms with Crippen LogP contribution in [0.4, 0.5) is 5.69 Å². The summed E-state index contributed by atoms with van der Waals surface area (Å²) in [6.45, 7) is 7.07. The molecule has 1 fully saturated rings. The summed E-state index contributed by atoms with van der Waals surface area (Å²) in [4.78, 5) is 6.94. The molecule has 2 aromatic rings. The Kier molecular flexibility index (Phi) is 3.59. The van der Waals surface area contributed by atoms with E-state index >= 15 is 0 Å². The summed E-state index contributed by atoms with van der Waals surface area (Å²) in [7, 11) is 0. The normalized spacial score (nSPS) is 24.1. The smallest absolute Gasteiger partial charge is 0.0767 e. The van der Waals surface area contributed by atoms with Crippen molar-refractivity contribution in [1.29, 1.82) is 0 Å². The van der Waals surface area contributed by atoms with Crippen LogP contribution in [0.2, 0.25) is 0 Å². The fraction of sp³-hybridized carbons (Fsp3) is 0.438. The Hall–Kier alpha value is -1.65. The van der Waals surface area contributed by atoms with Crippen molar-refractivity contribution in [3.63, 3.8) is 0 Å². The number of ether oxygens (including phenoxy) is 1. The van der Waals surface area contributed by atoms with Gasteiger partial charge in [-0.3, -0.25) is 9.88 Å². The van der Waals surface area contributed by atoms with Gasteiger partial charge in [0.2, 0.25) is 0 Å². The van der Waals surface area contributed by atoms with Gasteiger partial charge in [0.25, 0.3) is 0 Å². The van der Waals surface area contributed by atoms with Gasteiger partial charge >= 0.3 is 0 Å². The maximum absolute atomic E-state index is 6.03. The van der Waals surface area contributed by atoms with Crippen LogP contribution in [-0.2, 0) is 11.3 Å². The molecule has 1 aliphatic heterocycles. The molecule has 0 unspecified atom stereocenters. The summed E-state index contributed by atoms with van der Waals surface area (Å²) in [5, 5.41) is 1.04. The van der Waals surface area contributed by atoms with E-state index in [4.69, 9.17) is 10.5 Å². The van der Waals surface area contributed by atoms with Gasteiger partial charge in [-0.25, -0.2) is 0 Å². The first-order chi connectivity index (χ1) is 9.63. The molecule has 0 aliphatic carbocycles. The lowest BCUT2D eigenvalue weighted by atomic mass is 10.1. The van der Waals surface area contributed by atoms with Gasteiger partial charge in [-0.05, 0) is 37.6 Å². The van der Waals surface area contributed by atoms with Crippen molar-refractivity contribution in [2.45, 2.75) is 32.6 Å². The molecule has 106 valence electrons. The second-order valence-corrected chi connectivity index (χ2v) is 5.66. The van der Waals surface area contributed by atoms with Gasteiger partial charge in [0.15, 0.2) is 0 Å². The van der Waals surface area contributed by atoms with Crippen molar-refractivity contribution >= 4 is 16.6 Å². The van der Waals surface area contributed by atoms with Crippen molar-refractivity contribution in [3.05, 3.63) is 36.0 Å². The Bertz CT molecular complexity index is 604. The third-order valence-electron chi connectivity index (χ3n) is 3.78. The molecule has 3 rings (SSSR count). The molecular formula is C16H21N3O. The highest BCUT2D eigenvalue weighted by Crippen LogP contribution is 2.24. The minimum Gasteiger partial charge on any atom is -0.398 e. The van der Waals surface area contributed by atoms with Crippen LogP contribution in [0.5, 0.6) is 0 Å². The summed E-state index contributed by atoms with van der Waals surface area (Å²) in [6.07, 6.45) is 2.40. The molecule has 2 atom stereocenters. The van der Waals surface area contributed by atoms with Crippen LogP contribution >= 0.6 is 0 Å². The molecular weight excluding hydrogens is 250 g/mol. The monoisotopic (exact) mass is 271 g/mol. The minimum absolute atomic E-state index is 0.284. The van der Waals surface area contributed by atoms with E-state index in [0.29, 0.717) is 0 Å². The van der Waals surface area contributed by atoms with E-state index in [1.165, 1.54) is 5.56 Å². The Morgan fingerprint density at radius 2 is 2.00 bits per heavy atom. The molecule has 1 saturated heterocycles. The van der Waals surface area contributed by atoms with Crippen molar-refractivity contribution < 1.29 is 4.74 Å². The zero-order valence-corrected chi connectivity index (χ0v) is 12.0. The number of nitrogens with zero attached hydrogens (tertiary/aromatic N) is 2. The molecule has 1 aromatic carbocycles. The third kappa shape index (κ3) is 2.62. The van der Waals surface area contributed by atoms with Crippen LogP contribution in [0.3, 0.4) is 0 Å². The maximum atomic E-state index is 6.03. The number of nitrogens with two attached hydrogens (primary N) is 1. The highest BCUT2D eigenvalue weighted by molar-refractivity contribution is 5.92. The zero-order chi connectivity index (χ0) is 14.1. The number of aromatic nitrogens is 1. The topological polar surface area (TPSA) is 51.4 Å². The molecule has 20 heavy (non-hydrogen) atoms. The highest BCUT2D eigenvalue weighted by atomic mass is 16.5. The van der Waals surface area contributed by atoms with Crippen LogP contribution < -0.4 is 5.73 Å². The van der Waals surface area contributed by atoms with Crippen molar-refractivity contribution in [2.75, 3.05) is 18.8 Å². The highest BCUT2D eigenvalue weighted by Gasteiger charge is 2.22. The fourth-order valence-electron chi connectivity index (χ4n) is 3.04. The Labute approximate surface area is 119 Å². The molecule has 0 amide bonds. The number of rotatable bonds is 2. The molecule has 0 radical (unpaired) electrons. The van der Waals surface area contributed by atoms with Gasteiger partial charge in [-0.1, -0.05) is 6.07 Å². The van der Waals surface area contributed by atoms with E-state index in [9.17, 15) is 0 Å². The summed E-state index contributed by atoms with van der Waals surface area (Å²) in [5.41, 5.74) is 9.07. The average molecular weight is 271 g/mol. The van der Waals surface area contributed by atoms with E-state index in [0.717, 1.165) is 36.2 Å². The largest absolute Gasteiger partial charge is 0.398 e. The molecule has 1 aromatic heterocycles. The molecule has 0 bridgehead atoms. The number of fused-ring (bicyclic) bond motifs is 1. The molecule has 4 nitrogen and oxygen atoms in total. The third-order valence-corrected chi connectivity index (χ3v) is 3.78. The van der Waals surface area contributed by atoms with E-state index in [2.05, 4.69) is 29.8 Å². The first-order valence-electron chi connectivity index (χ1n) is 7.13. The maximum Gasteiger partial charge on any atom is 0.0767 e. The van der Waals surface area contributed by atoms with Crippen LogP contribution in [0.15, 0.2) is 30.5 Å². The van der Waals surface area contributed by atoms with Gasteiger partial charge in [-0.2, -0.15) is 0 Å². The number of hydrogen-bond donors (Lipinski definition) is 1. The van der Waals surface area contributed by atoms with E-state index in [-0.39, 0.29) is 12.2 Å². The quantitative estimate of drug-likeness (QED) is 0.852. The summed E-state index contributed by atoms with van der Waals surface area (Å²) >= 11 is 0. The second kappa shape index (κ2) is 5.38.